The molecule has 3 aromatic carbocycles. The highest BCUT2D eigenvalue weighted by Gasteiger charge is 2.31. The molecule has 0 aliphatic carbocycles. The van der Waals surface area contributed by atoms with Crippen molar-refractivity contribution in [2.24, 2.45) is 0 Å². The molecule has 41 heavy (non-hydrogen) atoms. The number of rotatable bonds is 5. The molecule has 0 atom stereocenters. The van der Waals surface area contributed by atoms with E-state index in [0.29, 0.717) is 16.9 Å². The number of carbonyl (C=O) groups is 4. The van der Waals surface area contributed by atoms with Crippen molar-refractivity contribution in [1.82, 2.24) is 9.80 Å². The van der Waals surface area contributed by atoms with Crippen LogP contribution in [0.1, 0.15) is 48.4 Å². The molecule has 1 fully saturated rings. The first-order valence-corrected chi connectivity index (χ1v) is 13.3. The van der Waals surface area contributed by atoms with Crippen molar-refractivity contribution in [3.05, 3.63) is 77.9 Å². The summed E-state index contributed by atoms with van der Waals surface area (Å²) in [4.78, 5) is 54.3. The van der Waals surface area contributed by atoms with Crippen molar-refractivity contribution in [3.63, 3.8) is 0 Å². The predicted octanol–water partition coefficient (Wildman–Crippen LogP) is 4.96. The average Bonchev–Trinajstić information content (AvgIpc) is 2.91. The number of nitrogens with one attached hydrogen (secondary N) is 2. The fraction of sp³-hybridized carbons (Fsp3) is 0.290. The summed E-state index contributed by atoms with van der Waals surface area (Å²) in [6.45, 7) is 7.66. The van der Waals surface area contributed by atoms with Crippen LogP contribution in [0, 0.1) is 0 Å². The highest BCUT2D eigenvalue weighted by atomic mass is 16.6. The number of hydrogen-bond donors (Lipinski definition) is 3. The number of phenols is 1. The molecule has 1 aliphatic rings. The van der Waals surface area contributed by atoms with Crippen molar-refractivity contribution in [3.8, 4) is 16.9 Å². The molecule has 0 unspecified atom stereocenters. The molecule has 0 bridgehead atoms. The molecule has 214 valence electrons. The molecule has 0 aromatic heterocycles. The molecule has 0 saturated carbocycles. The minimum absolute atomic E-state index is 0.00615. The van der Waals surface area contributed by atoms with E-state index >= 15 is 0 Å². The van der Waals surface area contributed by atoms with E-state index in [9.17, 15) is 24.3 Å². The van der Waals surface area contributed by atoms with Crippen LogP contribution in [-0.2, 0) is 9.53 Å². The second-order valence-corrected chi connectivity index (χ2v) is 10.8. The smallest absolute Gasteiger partial charge is 0.410 e. The largest absolute Gasteiger partial charge is 0.507 e. The highest BCUT2D eigenvalue weighted by molar-refractivity contribution is 6.14. The fourth-order valence-electron chi connectivity index (χ4n) is 4.48. The van der Waals surface area contributed by atoms with Crippen LogP contribution in [0.15, 0.2) is 66.7 Å². The number of carbonyl (C=O) groups excluding carboxylic acids is 4. The molecular formula is C31H34N4O6. The molecule has 4 amide bonds. The first-order chi connectivity index (χ1) is 19.4. The summed E-state index contributed by atoms with van der Waals surface area (Å²) >= 11 is 0. The molecule has 10 nitrogen and oxygen atoms in total. The van der Waals surface area contributed by atoms with Crippen LogP contribution in [0.4, 0.5) is 16.2 Å². The molecule has 1 aliphatic heterocycles. The van der Waals surface area contributed by atoms with E-state index in [-0.39, 0.29) is 49.0 Å². The van der Waals surface area contributed by atoms with Gasteiger partial charge in [0.05, 0.1) is 11.1 Å². The number of benzene rings is 3. The van der Waals surface area contributed by atoms with Gasteiger partial charge in [0.15, 0.2) is 0 Å². The van der Waals surface area contributed by atoms with E-state index in [1.54, 1.807) is 51.1 Å². The Morgan fingerprint density at radius 1 is 0.780 bits per heavy atom. The number of phenolic OH excluding ortho intramolecular Hbond substituents is 1. The van der Waals surface area contributed by atoms with Gasteiger partial charge in [-0.15, -0.1) is 0 Å². The van der Waals surface area contributed by atoms with Crippen LogP contribution in [0.25, 0.3) is 11.1 Å². The lowest BCUT2D eigenvalue weighted by atomic mass is 9.96. The van der Waals surface area contributed by atoms with Crippen LogP contribution < -0.4 is 10.6 Å². The van der Waals surface area contributed by atoms with Crippen molar-refractivity contribution in [2.75, 3.05) is 36.8 Å². The van der Waals surface area contributed by atoms with Gasteiger partial charge >= 0.3 is 6.09 Å². The normalized spacial score (nSPS) is 13.4. The minimum atomic E-state index is -0.639. The van der Waals surface area contributed by atoms with E-state index in [1.807, 2.05) is 30.3 Å². The van der Waals surface area contributed by atoms with Gasteiger partial charge in [0.25, 0.3) is 11.8 Å². The van der Waals surface area contributed by atoms with Gasteiger partial charge in [0.2, 0.25) is 5.91 Å². The zero-order valence-corrected chi connectivity index (χ0v) is 23.6. The minimum Gasteiger partial charge on any atom is -0.507 e. The molecular weight excluding hydrogens is 524 g/mol. The van der Waals surface area contributed by atoms with Crippen molar-refractivity contribution >= 4 is 35.2 Å². The summed E-state index contributed by atoms with van der Waals surface area (Å²) < 4.78 is 5.44. The molecule has 1 heterocycles. The number of anilines is 2. The maximum Gasteiger partial charge on any atom is 0.410 e. The van der Waals surface area contributed by atoms with E-state index in [0.717, 1.165) is 5.56 Å². The van der Waals surface area contributed by atoms with E-state index in [4.69, 9.17) is 4.74 Å². The maximum absolute atomic E-state index is 13.7. The van der Waals surface area contributed by atoms with Crippen LogP contribution in [0.5, 0.6) is 5.75 Å². The molecule has 1 saturated heterocycles. The van der Waals surface area contributed by atoms with Crippen molar-refractivity contribution in [1.29, 1.82) is 0 Å². The Morgan fingerprint density at radius 2 is 1.39 bits per heavy atom. The summed E-state index contributed by atoms with van der Waals surface area (Å²) in [5, 5.41) is 16.5. The molecule has 3 aromatic rings. The quantitative estimate of drug-likeness (QED) is 0.406. The monoisotopic (exact) mass is 558 g/mol. The van der Waals surface area contributed by atoms with Crippen molar-refractivity contribution in [2.45, 2.75) is 33.3 Å². The van der Waals surface area contributed by atoms with Crippen LogP contribution in [-0.4, -0.2) is 70.5 Å². The van der Waals surface area contributed by atoms with Gasteiger partial charge in [-0.05, 0) is 62.2 Å². The lowest BCUT2D eigenvalue weighted by Gasteiger charge is -2.36. The summed E-state index contributed by atoms with van der Waals surface area (Å²) in [6.07, 6.45) is -0.457. The van der Waals surface area contributed by atoms with Gasteiger partial charge < -0.3 is 30.3 Å². The second-order valence-electron chi connectivity index (χ2n) is 10.8. The summed E-state index contributed by atoms with van der Waals surface area (Å²) in [5.41, 5.74) is 1.44. The van der Waals surface area contributed by atoms with Gasteiger partial charge in [0.1, 0.15) is 11.4 Å². The number of hydrogen-bond acceptors (Lipinski definition) is 6. The number of amides is 4. The third-order valence-corrected chi connectivity index (χ3v) is 6.34. The Labute approximate surface area is 238 Å². The third-order valence-electron chi connectivity index (χ3n) is 6.34. The molecule has 0 radical (unpaired) electrons. The highest BCUT2D eigenvalue weighted by Crippen LogP contribution is 2.32. The second kappa shape index (κ2) is 12.1. The van der Waals surface area contributed by atoms with Crippen LogP contribution >= 0.6 is 0 Å². The van der Waals surface area contributed by atoms with Gasteiger partial charge in [-0.1, -0.05) is 36.4 Å². The fourth-order valence-corrected chi connectivity index (χ4v) is 4.48. The number of aromatic hydroxyl groups is 1. The van der Waals surface area contributed by atoms with Gasteiger partial charge in [-0.25, -0.2) is 4.79 Å². The first-order valence-electron chi connectivity index (χ1n) is 13.3. The Balaban J connectivity index is 1.63. The molecule has 4 rings (SSSR count). The average molecular weight is 559 g/mol. The Kier molecular flexibility index (Phi) is 8.61. The van der Waals surface area contributed by atoms with Gasteiger partial charge in [0, 0.05) is 44.5 Å². The topological polar surface area (TPSA) is 128 Å². The number of piperazine rings is 1. The standard InChI is InChI=1S/C31H34N4O6/c1-20(36)32-23-11-8-12-24(19-23)33-28(38)25-17-22(21-9-6-5-7-10-21)18-26(37)27(25)29(39)34-13-15-35(16-14-34)30(40)41-31(2,3)4/h5-12,17-19,37H,13-16H2,1-4H3,(H,32,36)(H,33,38). The van der Waals surface area contributed by atoms with Gasteiger partial charge in [-0.2, -0.15) is 0 Å². The zero-order valence-electron chi connectivity index (χ0n) is 23.6. The number of ether oxygens (including phenoxy) is 1. The van der Waals surface area contributed by atoms with Gasteiger partial charge in [-0.3, -0.25) is 14.4 Å². The SMILES string of the molecule is CC(=O)Nc1cccc(NC(=O)c2cc(-c3ccccc3)cc(O)c2C(=O)N2CCN(C(=O)OC(C)(C)C)CC2)c1. The van der Waals surface area contributed by atoms with Crippen molar-refractivity contribution < 1.29 is 29.0 Å². The lowest BCUT2D eigenvalue weighted by Crippen LogP contribution is -2.51. The Morgan fingerprint density at radius 3 is 2.00 bits per heavy atom. The maximum atomic E-state index is 13.7. The molecule has 10 heteroatoms. The van der Waals surface area contributed by atoms with E-state index in [1.165, 1.54) is 22.8 Å². The Bertz CT molecular complexity index is 1460. The lowest BCUT2D eigenvalue weighted by molar-refractivity contribution is -0.114. The summed E-state index contributed by atoms with van der Waals surface area (Å²) in [5.74, 6) is -1.71. The molecule has 3 N–H and O–H groups in total. The van der Waals surface area contributed by atoms with Crippen LogP contribution in [0.3, 0.4) is 0 Å². The number of nitrogens with zero attached hydrogens (tertiary/aromatic N) is 2. The molecule has 0 spiro atoms. The third kappa shape index (κ3) is 7.42. The summed E-state index contributed by atoms with van der Waals surface area (Å²) in [7, 11) is 0. The summed E-state index contributed by atoms with van der Waals surface area (Å²) in [6, 6.07) is 18.9. The van der Waals surface area contributed by atoms with E-state index < -0.39 is 23.5 Å². The predicted molar refractivity (Wildman–Crippen MR) is 156 cm³/mol. The first kappa shape index (κ1) is 29.1. The van der Waals surface area contributed by atoms with Crippen LogP contribution in [0.2, 0.25) is 0 Å². The zero-order chi connectivity index (χ0) is 29.7. The van der Waals surface area contributed by atoms with E-state index in [2.05, 4.69) is 10.6 Å². The Hall–Kier alpha value is -4.86.